The predicted octanol–water partition coefficient (Wildman–Crippen LogP) is 3.12. The Balaban J connectivity index is 2.80. The minimum Gasteiger partial charge on any atom is -0.424 e. The van der Waals surface area contributed by atoms with Crippen LogP contribution in [0.5, 0.6) is 5.75 Å². The highest BCUT2D eigenvalue weighted by Gasteiger charge is 2.24. The van der Waals surface area contributed by atoms with E-state index in [1.54, 1.807) is 12.1 Å². The van der Waals surface area contributed by atoms with Gasteiger partial charge in [0.15, 0.2) is 5.75 Å². The van der Waals surface area contributed by atoms with Gasteiger partial charge < -0.3 is 9.72 Å². The zero-order valence-electron chi connectivity index (χ0n) is 10.9. The number of nitrogens with zero attached hydrogens (tertiary/aromatic N) is 1. The number of esters is 1. The van der Waals surface area contributed by atoms with Gasteiger partial charge >= 0.3 is 5.97 Å². The fourth-order valence-electron chi connectivity index (χ4n) is 2.03. The number of hydrogen-bond acceptors (Lipinski definition) is 4. The summed E-state index contributed by atoms with van der Waals surface area (Å²) in [5.74, 6) is -0.188. The van der Waals surface area contributed by atoms with E-state index in [2.05, 4.69) is 4.98 Å². The van der Waals surface area contributed by atoms with Crippen LogP contribution in [0, 0.1) is 10.1 Å². The summed E-state index contributed by atoms with van der Waals surface area (Å²) >= 11 is 0. The van der Waals surface area contributed by atoms with E-state index < -0.39 is 10.9 Å². The van der Waals surface area contributed by atoms with Crippen LogP contribution < -0.4 is 4.74 Å². The van der Waals surface area contributed by atoms with Crippen LogP contribution in [0.3, 0.4) is 0 Å². The third-order valence-corrected chi connectivity index (χ3v) is 2.80. The van der Waals surface area contributed by atoms with E-state index in [1.807, 2.05) is 13.8 Å². The van der Waals surface area contributed by atoms with E-state index in [4.69, 9.17) is 4.74 Å². The average Bonchev–Trinajstić information content (AvgIpc) is 2.67. The Morgan fingerprint density at radius 1 is 1.42 bits per heavy atom. The van der Waals surface area contributed by atoms with Gasteiger partial charge in [-0.3, -0.25) is 14.9 Å². The number of non-ortho nitro benzene ring substituents is 1. The van der Waals surface area contributed by atoms with Crippen molar-refractivity contribution in [2.75, 3.05) is 0 Å². The maximum Gasteiger partial charge on any atom is 0.308 e. The Labute approximate surface area is 109 Å². The third-order valence-electron chi connectivity index (χ3n) is 2.80. The molecule has 1 aromatic heterocycles. The Morgan fingerprint density at radius 3 is 2.63 bits per heavy atom. The van der Waals surface area contributed by atoms with Crippen LogP contribution in [0.2, 0.25) is 0 Å². The van der Waals surface area contributed by atoms with Gasteiger partial charge in [-0.2, -0.15) is 0 Å². The number of nitrogens with one attached hydrogen (secondary N) is 1. The molecule has 2 aromatic rings. The van der Waals surface area contributed by atoms with Crippen molar-refractivity contribution in [3.8, 4) is 5.75 Å². The van der Waals surface area contributed by atoms with Gasteiger partial charge in [0.1, 0.15) is 5.39 Å². The number of carbonyl (C=O) groups excluding carboxylic acids is 1. The summed E-state index contributed by atoms with van der Waals surface area (Å²) in [6.45, 7) is 5.12. The van der Waals surface area contributed by atoms with Crippen LogP contribution in [0.1, 0.15) is 32.4 Å². The van der Waals surface area contributed by atoms with Gasteiger partial charge in [-0.25, -0.2) is 0 Å². The highest BCUT2D eigenvalue weighted by molar-refractivity contribution is 5.97. The van der Waals surface area contributed by atoms with Crippen molar-refractivity contribution in [1.82, 2.24) is 4.98 Å². The Kier molecular flexibility index (Phi) is 3.25. The summed E-state index contributed by atoms with van der Waals surface area (Å²) in [5, 5.41) is 11.4. The molecule has 0 saturated carbocycles. The van der Waals surface area contributed by atoms with E-state index in [0.717, 1.165) is 0 Å². The second-order valence-corrected chi connectivity index (χ2v) is 4.57. The first-order valence-electron chi connectivity index (χ1n) is 5.89. The fraction of sp³-hybridized carbons (Fsp3) is 0.308. The number of nitro groups is 1. The van der Waals surface area contributed by atoms with Crippen molar-refractivity contribution in [1.29, 1.82) is 0 Å². The molecule has 0 radical (unpaired) electrons. The van der Waals surface area contributed by atoms with Gasteiger partial charge in [0.25, 0.3) is 5.69 Å². The molecule has 100 valence electrons. The summed E-state index contributed by atoms with van der Waals surface area (Å²) in [4.78, 5) is 24.9. The Morgan fingerprint density at radius 2 is 2.11 bits per heavy atom. The minimum atomic E-state index is -0.499. The van der Waals surface area contributed by atoms with Gasteiger partial charge in [-0.05, 0) is 12.0 Å². The van der Waals surface area contributed by atoms with Crippen molar-refractivity contribution in [2.24, 2.45) is 0 Å². The van der Waals surface area contributed by atoms with Crippen LogP contribution in [-0.2, 0) is 4.79 Å². The molecule has 19 heavy (non-hydrogen) atoms. The van der Waals surface area contributed by atoms with Gasteiger partial charge in [-0.1, -0.05) is 19.9 Å². The number of H-pyrrole nitrogens is 1. The summed E-state index contributed by atoms with van der Waals surface area (Å²) in [6, 6.07) is 4.72. The molecule has 6 nitrogen and oxygen atoms in total. The first-order valence-corrected chi connectivity index (χ1v) is 5.89. The van der Waals surface area contributed by atoms with Crippen molar-refractivity contribution >= 4 is 22.6 Å². The second kappa shape index (κ2) is 4.72. The molecule has 0 fully saturated rings. The number of rotatable bonds is 3. The highest BCUT2D eigenvalue weighted by Crippen LogP contribution is 2.39. The molecule has 1 heterocycles. The average molecular weight is 262 g/mol. The van der Waals surface area contributed by atoms with Crippen LogP contribution in [0.4, 0.5) is 5.69 Å². The van der Waals surface area contributed by atoms with Crippen molar-refractivity contribution < 1.29 is 14.5 Å². The van der Waals surface area contributed by atoms with E-state index in [1.165, 1.54) is 13.0 Å². The zero-order valence-corrected chi connectivity index (χ0v) is 10.9. The maximum absolute atomic E-state index is 11.2. The standard InChI is InChI=1S/C13H14N2O4/c1-7(2)12-13(19-8(3)16)11-9(14-12)5-4-6-10(11)15(17)18/h4-7,14H,1-3H3. The Bertz CT molecular complexity index is 658. The summed E-state index contributed by atoms with van der Waals surface area (Å²) < 4.78 is 5.18. The number of nitro benzene ring substituents is 1. The molecule has 1 aromatic carbocycles. The topological polar surface area (TPSA) is 85.2 Å². The first kappa shape index (κ1) is 13.1. The van der Waals surface area contributed by atoms with Crippen molar-refractivity contribution in [3.05, 3.63) is 34.0 Å². The number of benzene rings is 1. The van der Waals surface area contributed by atoms with Gasteiger partial charge in [0.05, 0.1) is 16.1 Å². The molecular formula is C13H14N2O4. The molecule has 0 aliphatic rings. The lowest BCUT2D eigenvalue weighted by Crippen LogP contribution is -2.04. The lowest BCUT2D eigenvalue weighted by Gasteiger charge is -2.06. The van der Waals surface area contributed by atoms with E-state index in [9.17, 15) is 14.9 Å². The molecule has 0 saturated heterocycles. The molecular weight excluding hydrogens is 248 g/mol. The Hall–Kier alpha value is -2.37. The number of fused-ring (bicyclic) bond motifs is 1. The quantitative estimate of drug-likeness (QED) is 0.523. The first-order chi connectivity index (χ1) is 8.91. The predicted molar refractivity (Wildman–Crippen MR) is 70.4 cm³/mol. The van der Waals surface area contributed by atoms with Crippen LogP contribution in [-0.4, -0.2) is 15.9 Å². The van der Waals surface area contributed by atoms with Crippen molar-refractivity contribution in [3.63, 3.8) is 0 Å². The largest absolute Gasteiger partial charge is 0.424 e. The molecule has 0 spiro atoms. The monoisotopic (exact) mass is 262 g/mol. The molecule has 0 aliphatic heterocycles. The third kappa shape index (κ3) is 2.29. The van der Waals surface area contributed by atoms with Gasteiger partial charge in [0.2, 0.25) is 0 Å². The summed E-state index contributed by atoms with van der Waals surface area (Å²) in [6.07, 6.45) is 0. The molecule has 0 amide bonds. The molecule has 0 aliphatic carbocycles. The van der Waals surface area contributed by atoms with Gasteiger partial charge in [-0.15, -0.1) is 0 Å². The molecule has 6 heteroatoms. The van der Waals surface area contributed by atoms with Gasteiger partial charge in [0, 0.05) is 13.0 Å². The van der Waals surface area contributed by atoms with E-state index in [-0.39, 0.29) is 17.4 Å². The minimum absolute atomic E-state index is 0.0568. The normalized spacial score (nSPS) is 10.9. The molecule has 0 bridgehead atoms. The van der Waals surface area contributed by atoms with Crippen LogP contribution in [0.25, 0.3) is 10.9 Å². The smallest absolute Gasteiger partial charge is 0.308 e. The highest BCUT2D eigenvalue weighted by atomic mass is 16.6. The molecule has 0 atom stereocenters. The SMILES string of the molecule is CC(=O)Oc1c(C(C)C)[nH]c2cccc([N+](=O)[O-])c12. The maximum atomic E-state index is 11.2. The number of aromatic amines is 1. The second-order valence-electron chi connectivity index (χ2n) is 4.57. The molecule has 1 N–H and O–H groups in total. The van der Waals surface area contributed by atoms with E-state index >= 15 is 0 Å². The molecule has 0 unspecified atom stereocenters. The summed E-state index contributed by atoms with van der Waals surface area (Å²) in [7, 11) is 0. The lowest BCUT2D eigenvalue weighted by molar-refractivity contribution is -0.383. The van der Waals surface area contributed by atoms with E-state index in [0.29, 0.717) is 16.6 Å². The van der Waals surface area contributed by atoms with Crippen LogP contribution >= 0.6 is 0 Å². The summed E-state index contributed by atoms with van der Waals surface area (Å²) in [5.41, 5.74) is 1.20. The number of carbonyl (C=O) groups is 1. The lowest BCUT2D eigenvalue weighted by atomic mass is 10.1. The van der Waals surface area contributed by atoms with Crippen molar-refractivity contribution in [2.45, 2.75) is 26.7 Å². The number of hydrogen-bond donors (Lipinski definition) is 1. The van der Waals surface area contributed by atoms with Crippen LogP contribution in [0.15, 0.2) is 18.2 Å². The fourth-order valence-corrected chi connectivity index (χ4v) is 2.03. The number of aromatic nitrogens is 1. The molecule has 2 rings (SSSR count). The zero-order chi connectivity index (χ0) is 14.2. The number of ether oxygens (including phenoxy) is 1.